The second-order valence-corrected chi connectivity index (χ2v) is 2.25. The highest BCUT2D eigenvalue weighted by Gasteiger charge is 1.95. The molecule has 1 aromatic heterocycles. The van der Waals surface area contributed by atoms with E-state index in [1.165, 1.54) is 12.3 Å². The van der Waals surface area contributed by atoms with Crippen molar-refractivity contribution in [3.8, 4) is 0 Å². The topological polar surface area (TPSA) is 30.2 Å². The van der Waals surface area contributed by atoms with Crippen molar-refractivity contribution in [2.24, 2.45) is 0 Å². The van der Waals surface area contributed by atoms with Gasteiger partial charge in [-0.25, -0.2) is 0 Å². The first-order valence-corrected chi connectivity index (χ1v) is 3.32. The van der Waals surface area contributed by atoms with Crippen molar-refractivity contribution < 1.29 is 4.42 Å². The normalized spacial score (nSPS) is 9.80. The van der Waals surface area contributed by atoms with Gasteiger partial charge in [-0.15, -0.1) is 0 Å². The summed E-state index contributed by atoms with van der Waals surface area (Å²) in [5.74, 6) is 0.746. The molecule has 10 heavy (non-hydrogen) atoms. The minimum atomic E-state index is 0.0584. The van der Waals surface area contributed by atoms with Crippen molar-refractivity contribution in [3.63, 3.8) is 0 Å². The van der Waals surface area contributed by atoms with Crippen LogP contribution >= 0.6 is 0 Å². The minimum absolute atomic E-state index is 0.0584. The number of rotatable bonds is 1. The molecule has 0 bridgehead atoms. The molecular formula is C8H10O2. The van der Waals surface area contributed by atoms with E-state index < -0.39 is 0 Å². The zero-order valence-electron chi connectivity index (χ0n) is 6.18. The number of hydrogen-bond donors (Lipinski definition) is 0. The standard InChI is InChI=1S/C8H10O2/c1-3-7-4-8(9)6(2)5-10-7/h4-5H,3H2,1-2H3. The molecule has 1 rings (SSSR count). The van der Waals surface area contributed by atoms with Gasteiger partial charge in [0.1, 0.15) is 5.76 Å². The van der Waals surface area contributed by atoms with Gasteiger partial charge in [-0.1, -0.05) is 6.92 Å². The smallest absolute Gasteiger partial charge is 0.187 e. The summed E-state index contributed by atoms with van der Waals surface area (Å²) in [5, 5.41) is 0. The van der Waals surface area contributed by atoms with Crippen LogP contribution in [-0.2, 0) is 6.42 Å². The Balaban J connectivity index is 3.17. The molecule has 0 aliphatic carbocycles. The lowest BCUT2D eigenvalue weighted by Crippen LogP contribution is -2.03. The second-order valence-electron chi connectivity index (χ2n) is 2.25. The quantitative estimate of drug-likeness (QED) is 0.588. The van der Waals surface area contributed by atoms with E-state index in [-0.39, 0.29) is 5.43 Å². The van der Waals surface area contributed by atoms with Gasteiger partial charge in [0.25, 0.3) is 0 Å². The van der Waals surface area contributed by atoms with Crippen LogP contribution in [-0.4, -0.2) is 0 Å². The molecule has 54 valence electrons. The molecule has 0 atom stereocenters. The summed E-state index contributed by atoms with van der Waals surface area (Å²) in [7, 11) is 0. The average molecular weight is 138 g/mol. The molecule has 0 aliphatic heterocycles. The summed E-state index contributed by atoms with van der Waals surface area (Å²) in [5.41, 5.74) is 0.723. The molecule has 0 fully saturated rings. The van der Waals surface area contributed by atoms with Crippen LogP contribution in [0.15, 0.2) is 21.5 Å². The lowest BCUT2D eigenvalue weighted by atomic mass is 10.2. The lowest BCUT2D eigenvalue weighted by molar-refractivity contribution is 0.493. The van der Waals surface area contributed by atoms with Crippen LogP contribution in [0.25, 0.3) is 0 Å². The van der Waals surface area contributed by atoms with Gasteiger partial charge in [-0.2, -0.15) is 0 Å². The molecule has 1 heterocycles. The highest BCUT2D eigenvalue weighted by atomic mass is 16.3. The predicted octanol–water partition coefficient (Wildman–Crippen LogP) is 1.51. The van der Waals surface area contributed by atoms with Crippen LogP contribution < -0.4 is 5.43 Å². The highest BCUT2D eigenvalue weighted by molar-refractivity contribution is 5.08. The van der Waals surface area contributed by atoms with Crippen LogP contribution in [0.4, 0.5) is 0 Å². The fourth-order valence-corrected chi connectivity index (χ4v) is 0.702. The predicted molar refractivity (Wildman–Crippen MR) is 39.1 cm³/mol. The molecule has 0 radical (unpaired) electrons. The Morgan fingerprint density at radius 1 is 1.60 bits per heavy atom. The van der Waals surface area contributed by atoms with Crippen molar-refractivity contribution >= 4 is 0 Å². The zero-order chi connectivity index (χ0) is 7.56. The van der Waals surface area contributed by atoms with E-state index in [0.717, 1.165) is 12.2 Å². The maximum atomic E-state index is 10.9. The van der Waals surface area contributed by atoms with Gasteiger partial charge < -0.3 is 4.42 Å². The molecule has 0 unspecified atom stereocenters. The zero-order valence-corrected chi connectivity index (χ0v) is 6.18. The fraction of sp³-hybridized carbons (Fsp3) is 0.375. The second kappa shape index (κ2) is 2.69. The van der Waals surface area contributed by atoms with Gasteiger partial charge >= 0.3 is 0 Å². The van der Waals surface area contributed by atoms with E-state index in [1.54, 1.807) is 6.92 Å². The van der Waals surface area contributed by atoms with Crippen molar-refractivity contribution in [3.05, 3.63) is 33.9 Å². The van der Waals surface area contributed by atoms with Gasteiger partial charge in [0, 0.05) is 18.1 Å². The van der Waals surface area contributed by atoms with Crippen molar-refractivity contribution in [2.45, 2.75) is 20.3 Å². The van der Waals surface area contributed by atoms with Gasteiger partial charge in [0.05, 0.1) is 6.26 Å². The summed E-state index contributed by atoms with van der Waals surface area (Å²) >= 11 is 0. The van der Waals surface area contributed by atoms with Crippen LogP contribution in [0.2, 0.25) is 0 Å². The first-order chi connectivity index (χ1) is 4.74. The minimum Gasteiger partial charge on any atom is -0.469 e. The van der Waals surface area contributed by atoms with E-state index >= 15 is 0 Å². The third-order valence-electron chi connectivity index (χ3n) is 1.42. The molecular weight excluding hydrogens is 128 g/mol. The van der Waals surface area contributed by atoms with Crippen molar-refractivity contribution in [1.82, 2.24) is 0 Å². The Labute approximate surface area is 59.5 Å². The molecule has 2 heteroatoms. The third-order valence-corrected chi connectivity index (χ3v) is 1.42. The van der Waals surface area contributed by atoms with Crippen molar-refractivity contribution in [2.75, 3.05) is 0 Å². The first-order valence-electron chi connectivity index (χ1n) is 3.32. The van der Waals surface area contributed by atoms with Crippen LogP contribution in [0.5, 0.6) is 0 Å². The molecule has 2 nitrogen and oxygen atoms in total. The molecule has 0 saturated carbocycles. The molecule has 0 amide bonds. The summed E-state index contributed by atoms with van der Waals surface area (Å²) in [4.78, 5) is 10.9. The van der Waals surface area contributed by atoms with E-state index in [9.17, 15) is 4.79 Å². The monoisotopic (exact) mass is 138 g/mol. The molecule has 0 aromatic carbocycles. The Hall–Kier alpha value is -1.05. The summed E-state index contributed by atoms with van der Waals surface area (Å²) in [6.07, 6.45) is 2.27. The summed E-state index contributed by atoms with van der Waals surface area (Å²) < 4.78 is 5.09. The SMILES string of the molecule is CCc1cc(=O)c(C)co1. The van der Waals surface area contributed by atoms with Gasteiger partial charge in [0.15, 0.2) is 5.43 Å². The molecule has 0 N–H and O–H groups in total. The van der Waals surface area contributed by atoms with E-state index in [0.29, 0.717) is 5.56 Å². The number of aryl methyl sites for hydroxylation is 2. The largest absolute Gasteiger partial charge is 0.469 e. The Morgan fingerprint density at radius 2 is 2.30 bits per heavy atom. The maximum Gasteiger partial charge on any atom is 0.187 e. The third kappa shape index (κ3) is 1.26. The van der Waals surface area contributed by atoms with E-state index in [2.05, 4.69) is 0 Å². The fourth-order valence-electron chi connectivity index (χ4n) is 0.702. The van der Waals surface area contributed by atoms with E-state index in [1.807, 2.05) is 6.92 Å². The number of hydrogen-bond acceptors (Lipinski definition) is 2. The lowest BCUT2D eigenvalue weighted by Gasteiger charge is -1.93. The van der Waals surface area contributed by atoms with Crippen molar-refractivity contribution in [1.29, 1.82) is 0 Å². The van der Waals surface area contributed by atoms with Crippen LogP contribution in [0.3, 0.4) is 0 Å². The maximum absolute atomic E-state index is 10.9. The molecule has 1 aromatic rings. The summed E-state index contributed by atoms with van der Waals surface area (Å²) in [6.45, 7) is 3.69. The Bertz CT molecular complexity index is 273. The Kier molecular flexibility index (Phi) is 1.90. The first kappa shape index (κ1) is 7.06. The molecule has 0 saturated heterocycles. The van der Waals surface area contributed by atoms with Crippen LogP contribution in [0.1, 0.15) is 18.2 Å². The Morgan fingerprint density at radius 3 is 2.80 bits per heavy atom. The molecule has 0 spiro atoms. The summed E-state index contributed by atoms with van der Waals surface area (Å²) in [6, 6.07) is 1.54. The van der Waals surface area contributed by atoms with E-state index in [4.69, 9.17) is 4.42 Å². The average Bonchev–Trinajstić information content (AvgIpc) is 1.95. The van der Waals surface area contributed by atoms with Crippen LogP contribution in [0, 0.1) is 6.92 Å². The van der Waals surface area contributed by atoms with Gasteiger partial charge in [-0.05, 0) is 6.92 Å². The molecule has 0 aliphatic rings. The van der Waals surface area contributed by atoms with Gasteiger partial charge in [-0.3, -0.25) is 4.79 Å². The van der Waals surface area contributed by atoms with Gasteiger partial charge in [0.2, 0.25) is 0 Å². The highest BCUT2D eigenvalue weighted by Crippen LogP contribution is 1.97.